The third kappa shape index (κ3) is 67.4. The molecule has 0 N–H and O–H groups in total. The molecule has 0 spiro atoms. The predicted molar refractivity (Wildman–Crippen MR) is 358 cm³/mol. The molecule has 6 heteroatoms. The van der Waals surface area contributed by atoms with Gasteiger partial charge in [-0.1, -0.05) is 331 Å². The van der Waals surface area contributed by atoms with Gasteiger partial charge in [0.1, 0.15) is 13.2 Å². The first-order chi connectivity index (χ1) is 40.5. The van der Waals surface area contributed by atoms with E-state index < -0.39 is 6.10 Å². The minimum atomic E-state index is -0.780. The second-order valence-corrected chi connectivity index (χ2v) is 23.8. The molecule has 0 aromatic heterocycles. The SMILES string of the molecule is CC/C=C\C/C=C\C/C=C\C/C=C\C/C=C\C/C=C\CCCCCCCCCCC(=O)OCC(COC(=O)CCCCCCCCCCCCCC)OC(=O)CCCCCCCCCCCCCCC/C=C\CCCCCCCCCC. The van der Waals surface area contributed by atoms with Crippen molar-refractivity contribution in [2.24, 2.45) is 0 Å². The van der Waals surface area contributed by atoms with E-state index in [1.165, 1.54) is 218 Å². The molecule has 0 radical (unpaired) electrons. The average Bonchev–Trinajstić information content (AvgIpc) is 3.47. The third-order valence-electron chi connectivity index (χ3n) is 15.6. The van der Waals surface area contributed by atoms with Crippen LogP contribution in [0.4, 0.5) is 0 Å². The zero-order chi connectivity index (χ0) is 59.2. The highest BCUT2D eigenvalue weighted by Gasteiger charge is 2.19. The zero-order valence-corrected chi connectivity index (χ0v) is 54.5. The van der Waals surface area contributed by atoms with E-state index >= 15 is 0 Å². The molecule has 0 heterocycles. The van der Waals surface area contributed by atoms with E-state index in [4.69, 9.17) is 14.2 Å². The minimum Gasteiger partial charge on any atom is -0.462 e. The van der Waals surface area contributed by atoms with E-state index in [2.05, 4.69) is 106 Å². The van der Waals surface area contributed by atoms with Gasteiger partial charge in [-0.15, -0.1) is 0 Å². The first-order valence-electron chi connectivity index (χ1n) is 35.6. The van der Waals surface area contributed by atoms with Crippen molar-refractivity contribution >= 4 is 17.9 Å². The molecule has 0 bridgehead atoms. The molecule has 0 rings (SSSR count). The predicted octanol–water partition coefficient (Wildman–Crippen LogP) is 24.6. The molecule has 0 aromatic carbocycles. The van der Waals surface area contributed by atoms with Crippen LogP contribution in [0.3, 0.4) is 0 Å². The van der Waals surface area contributed by atoms with Crippen molar-refractivity contribution in [3.05, 3.63) is 85.1 Å². The number of hydrogen-bond donors (Lipinski definition) is 0. The van der Waals surface area contributed by atoms with Gasteiger partial charge < -0.3 is 14.2 Å². The Morgan fingerprint density at radius 2 is 0.476 bits per heavy atom. The standard InChI is InChI=1S/C76H134O6/c1-4-7-10-13-16-19-22-25-27-29-31-33-35-37-38-40-41-43-45-47-49-51-54-57-60-63-66-69-75(78)81-72-73(71-80-74(77)68-65-62-59-56-53-24-21-18-15-12-9-6-3)82-76(79)70-67-64-61-58-55-52-50-48-46-44-42-39-36-34-32-30-28-26-23-20-17-14-11-8-5-2/h7,10,16,19,25,27,30-33,37-38,41,43,73H,4-6,8-9,11-15,17-18,20-24,26,28-29,34-36,39-40,42,44-72H2,1-3H3/b10-7-,19-16-,27-25-,32-30-,33-31-,38-37-,43-41-. The summed E-state index contributed by atoms with van der Waals surface area (Å²) in [6.07, 6.45) is 93.2. The van der Waals surface area contributed by atoms with E-state index in [-0.39, 0.29) is 31.1 Å². The molecule has 0 saturated heterocycles. The molecule has 0 amide bonds. The quantitative estimate of drug-likeness (QED) is 0.0261. The lowest BCUT2D eigenvalue weighted by Crippen LogP contribution is -2.30. The number of carbonyl (C=O) groups is 3. The molecule has 0 aliphatic heterocycles. The molecular weight excluding hydrogens is 1010 g/mol. The number of rotatable bonds is 65. The second kappa shape index (κ2) is 70.1. The minimum absolute atomic E-state index is 0.0748. The summed E-state index contributed by atoms with van der Waals surface area (Å²) in [5.74, 6) is -0.865. The van der Waals surface area contributed by atoms with Crippen molar-refractivity contribution in [2.45, 2.75) is 367 Å². The van der Waals surface area contributed by atoms with Crippen LogP contribution in [0.2, 0.25) is 0 Å². The summed E-state index contributed by atoms with van der Waals surface area (Å²) in [5, 5.41) is 0. The molecule has 0 aliphatic rings. The largest absolute Gasteiger partial charge is 0.462 e. The topological polar surface area (TPSA) is 78.9 Å². The van der Waals surface area contributed by atoms with E-state index in [0.29, 0.717) is 19.3 Å². The summed E-state index contributed by atoms with van der Waals surface area (Å²) in [7, 11) is 0. The molecule has 0 aromatic rings. The molecule has 1 unspecified atom stereocenters. The highest BCUT2D eigenvalue weighted by molar-refractivity contribution is 5.71. The van der Waals surface area contributed by atoms with Crippen LogP contribution in [0.1, 0.15) is 361 Å². The van der Waals surface area contributed by atoms with Gasteiger partial charge in [0.25, 0.3) is 0 Å². The van der Waals surface area contributed by atoms with Gasteiger partial charge in [-0.3, -0.25) is 14.4 Å². The Bertz CT molecular complexity index is 1550. The maximum atomic E-state index is 13.0. The fourth-order valence-corrected chi connectivity index (χ4v) is 10.3. The van der Waals surface area contributed by atoms with Crippen molar-refractivity contribution in [1.82, 2.24) is 0 Å². The lowest BCUT2D eigenvalue weighted by atomic mass is 10.0. The van der Waals surface area contributed by atoms with Gasteiger partial charge in [-0.05, 0) is 96.3 Å². The molecule has 0 aliphatic carbocycles. The maximum Gasteiger partial charge on any atom is 0.306 e. The summed E-state index contributed by atoms with van der Waals surface area (Å²) in [4.78, 5) is 38.4. The third-order valence-corrected chi connectivity index (χ3v) is 15.6. The van der Waals surface area contributed by atoms with Crippen LogP contribution in [0.5, 0.6) is 0 Å². The molecule has 6 nitrogen and oxygen atoms in total. The van der Waals surface area contributed by atoms with Gasteiger partial charge in [0.15, 0.2) is 6.10 Å². The lowest BCUT2D eigenvalue weighted by Gasteiger charge is -2.18. The highest BCUT2D eigenvalue weighted by Crippen LogP contribution is 2.18. The molecule has 0 saturated carbocycles. The van der Waals surface area contributed by atoms with E-state index in [1.807, 2.05) is 0 Å². The van der Waals surface area contributed by atoms with Crippen LogP contribution in [0.25, 0.3) is 0 Å². The maximum absolute atomic E-state index is 13.0. The highest BCUT2D eigenvalue weighted by atomic mass is 16.6. The Hall–Kier alpha value is -3.41. The van der Waals surface area contributed by atoms with Crippen LogP contribution < -0.4 is 0 Å². The summed E-state index contributed by atoms with van der Waals surface area (Å²) >= 11 is 0. The molecular formula is C76H134O6. The Balaban J connectivity index is 4.27. The van der Waals surface area contributed by atoms with Gasteiger partial charge in [0.2, 0.25) is 0 Å². The number of carbonyl (C=O) groups excluding carboxylic acids is 3. The van der Waals surface area contributed by atoms with E-state index in [9.17, 15) is 14.4 Å². The Labute approximate surface area is 509 Å². The summed E-state index contributed by atoms with van der Waals surface area (Å²) < 4.78 is 17.0. The molecule has 82 heavy (non-hydrogen) atoms. The fraction of sp³-hybridized carbons (Fsp3) is 0.776. The number of allylic oxidation sites excluding steroid dienone is 14. The van der Waals surface area contributed by atoms with Gasteiger partial charge in [-0.25, -0.2) is 0 Å². The van der Waals surface area contributed by atoms with Crippen molar-refractivity contribution in [1.29, 1.82) is 0 Å². The molecule has 474 valence electrons. The number of unbranched alkanes of at least 4 members (excludes halogenated alkanes) is 40. The van der Waals surface area contributed by atoms with Crippen LogP contribution >= 0.6 is 0 Å². The second-order valence-electron chi connectivity index (χ2n) is 23.8. The monoisotopic (exact) mass is 1140 g/mol. The van der Waals surface area contributed by atoms with Gasteiger partial charge in [0.05, 0.1) is 0 Å². The van der Waals surface area contributed by atoms with Crippen molar-refractivity contribution in [3.63, 3.8) is 0 Å². The van der Waals surface area contributed by atoms with E-state index in [0.717, 1.165) is 103 Å². The average molecular weight is 1140 g/mol. The summed E-state index contributed by atoms with van der Waals surface area (Å²) in [6.45, 7) is 6.56. The molecule has 1 atom stereocenters. The Kier molecular flexibility index (Phi) is 67.2. The van der Waals surface area contributed by atoms with E-state index in [1.54, 1.807) is 0 Å². The zero-order valence-electron chi connectivity index (χ0n) is 54.5. The first-order valence-corrected chi connectivity index (χ1v) is 35.6. The summed E-state index contributed by atoms with van der Waals surface area (Å²) in [5.41, 5.74) is 0. The number of esters is 3. The van der Waals surface area contributed by atoms with Crippen LogP contribution in [0, 0.1) is 0 Å². The van der Waals surface area contributed by atoms with Crippen molar-refractivity contribution in [3.8, 4) is 0 Å². The van der Waals surface area contributed by atoms with Gasteiger partial charge in [-0.2, -0.15) is 0 Å². The summed E-state index contributed by atoms with van der Waals surface area (Å²) in [6, 6.07) is 0. The van der Waals surface area contributed by atoms with Crippen LogP contribution in [0.15, 0.2) is 85.1 Å². The van der Waals surface area contributed by atoms with Gasteiger partial charge in [0, 0.05) is 19.3 Å². The number of ether oxygens (including phenoxy) is 3. The van der Waals surface area contributed by atoms with Crippen molar-refractivity contribution in [2.75, 3.05) is 13.2 Å². The van der Waals surface area contributed by atoms with Crippen LogP contribution in [-0.2, 0) is 28.6 Å². The lowest BCUT2D eigenvalue weighted by molar-refractivity contribution is -0.167. The van der Waals surface area contributed by atoms with Crippen LogP contribution in [-0.4, -0.2) is 37.2 Å². The molecule has 0 fully saturated rings. The number of hydrogen-bond acceptors (Lipinski definition) is 6. The fourth-order valence-electron chi connectivity index (χ4n) is 10.3. The Morgan fingerprint density at radius 3 is 0.756 bits per heavy atom. The van der Waals surface area contributed by atoms with Gasteiger partial charge >= 0.3 is 17.9 Å². The normalized spacial score (nSPS) is 12.6. The first kappa shape index (κ1) is 78.6. The smallest absolute Gasteiger partial charge is 0.306 e. The van der Waals surface area contributed by atoms with Crippen molar-refractivity contribution < 1.29 is 28.6 Å². The Morgan fingerprint density at radius 1 is 0.256 bits per heavy atom.